The lowest BCUT2D eigenvalue weighted by Gasteiger charge is -2.07. The summed E-state index contributed by atoms with van der Waals surface area (Å²) in [7, 11) is 0. The Kier molecular flexibility index (Phi) is 6.08. The van der Waals surface area contributed by atoms with Gasteiger partial charge in [0.1, 0.15) is 5.75 Å². The van der Waals surface area contributed by atoms with Gasteiger partial charge in [-0.1, -0.05) is 30.3 Å². The number of hydrogen-bond acceptors (Lipinski definition) is 4. The second kappa shape index (κ2) is 8.47. The summed E-state index contributed by atoms with van der Waals surface area (Å²) in [4.78, 5) is 27.5. The van der Waals surface area contributed by atoms with Crippen LogP contribution in [0.1, 0.15) is 23.0 Å². The summed E-state index contributed by atoms with van der Waals surface area (Å²) in [5.41, 5.74) is 1.80. The normalized spacial score (nSPS) is 11.0. The van der Waals surface area contributed by atoms with Gasteiger partial charge in [-0.3, -0.25) is 9.59 Å². The average Bonchev–Trinajstić information content (AvgIpc) is 2.59. The highest BCUT2D eigenvalue weighted by Gasteiger charge is 2.11. The van der Waals surface area contributed by atoms with Crippen LogP contribution in [0.2, 0.25) is 0 Å². The molecule has 2 aromatic rings. The SMILES string of the molecule is C/C(=C/C(=O)NCCNC(=O)c1ncccc1O)c1ccccc1. The van der Waals surface area contributed by atoms with Crippen molar-refractivity contribution >= 4 is 17.4 Å². The van der Waals surface area contributed by atoms with Crippen molar-refractivity contribution in [3.8, 4) is 5.75 Å². The maximum Gasteiger partial charge on any atom is 0.273 e. The first-order valence-corrected chi connectivity index (χ1v) is 7.51. The van der Waals surface area contributed by atoms with Crippen LogP contribution >= 0.6 is 0 Å². The minimum Gasteiger partial charge on any atom is -0.505 e. The van der Waals surface area contributed by atoms with Gasteiger partial charge < -0.3 is 15.7 Å². The summed E-state index contributed by atoms with van der Waals surface area (Å²) in [6.07, 6.45) is 2.94. The molecule has 0 aliphatic carbocycles. The highest BCUT2D eigenvalue weighted by Crippen LogP contribution is 2.12. The molecular weight excluding hydrogens is 306 g/mol. The number of amides is 2. The Morgan fingerprint density at radius 1 is 1.08 bits per heavy atom. The van der Waals surface area contributed by atoms with E-state index in [1.165, 1.54) is 24.4 Å². The maximum atomic E-state index is 11.8. The number of aromatic hydroxyl groups is 1. The van der Waals surface area contributed by atoms with Gasteiger partial charge in [0.25, 0.3) is 5.91 Å². The van der Waals surface area contributed by atoms with Crippen molar-refractivity contribution < 1.29 is 14.7 Å². The number of hydrogen-bond donors (Lipinski definition) is 3. The molecular formula is C18H19N3O3. The fraction of sp³-hybridized carbons (Fsp3) is 0.167. The number of nitrogens with one attached hydrogen (secondary N) is 2. The molecule has 2 rings (SSSR count). The number of benzene rings is 1. The molecule has 0 saturated carbocycles. The first kappa shape index (κ1) is 17.2. The van der Waals surface area contributed by atoms with E-state index in [1.54, 1.807) is 0 Å². The van der Waals surface area contributed by atoms with Crippen molar-refractivity contribution in [1.29, 1.82) is 0 Å². The first-order valence-electron chi connectivity index (χ1n) is 7.51. The summed E-state index contributed by atoms with van der Waals surface area (Å²) < 4.78 is 0. The van der Waals surface area contributed by atoms with Crippen molar-refractivity contribution in [2.75, 3.05) is 13.1 Å². The summed E-state index contributed by atoms with van der Waals surface area (Å²) in [5, 5.41) is 14.8. The van der Waals surface area contributed by atoms with Crippen LogP contribution in [-0.2, 0) is 4.79 Å². The van der Waals surface area contributed by atoms with Crippen LogP contribution < -0.4 is 10.6 Å². The van der Waals surface area contributed by atoms with Crippen LogP contribution in [0.5, 0.6) is 5.75 Å². The Labute approximate surface area is 140 Å². The smallest absolute Gasteiger partial charge is 0.273 e. The molecule has 2 amide bonds. The second-order valence-corrected chi connectivity index (χ2v) is 5.11. The molecule has 0 atom stereocenters. The topological polar surface area (TPSA) is 91.3 Å². The zero-order chi connectivity index (χ0) is 17.4. The van der Waals surface area contributed by atoms with E-state index in [2.05, 4.69) is 15.6 Å². The van der Waals surface area contributed by atoms with Gasteiger partial charge in [0.2, 0.25) is 5.91 Å². The highest BCUT2D eigenvalue weighted by atomic mass is 16.3. The van der Waals surface area contributed by atoms with Gasteiger partial charge >= 0.3 is 0 Å². The first-order chi connectivity index (χ1) is 11.6. The molecule has 6 heteroatoms. The van der Waals surface area contributed by atoms with E-state index in [9.17, 15) is 14.7 Å². The monoisotopic (exact) mass is 325 g/mol. The number of aromatic nitrogens is 1. The van der Waals surface area contributed by atoms with Crippen molar-refractivity contribution in [3.63, 3.8) is 0 Å². The lowest BCUT2D eigenvalue weighted by atomic mass is 10.1. The quantitative estimate of drug-likeness (QED) is 0.557. The van der Waals surface area contributed by atoms with E-state index in [0.717, 1.165) is 11.1 Å². The lowest BCUT2D eigenvalue weighted by molar-refractivity contribution is -0.116. The van der Waals surface area contributed by atoms with Gasteiger partial charge in [0.05, 0.1) is 0 Å². The van der Waals surface area contributed by atoms with E-state index in [1.807, 2.05) is 37.3 Å². The molecule has 3 N–H and O–H groups in total. The standard InChI is InChI=1S/C18H19N3O3/c1-13(14-6-3-2-4-7-14)12-16(23)19-10-11-21-18(24)17-15(22)8-5-9-20-17/h2-9,12,22H,10-11H2,1H3,(H,19,23)(H,21,24)/b13-12-. The zero-order valence-corrected chi connectivity index (χ0v) is 13.3. The predicted octanol–water partition coefficient (Wildman–Crippen LogP) is 1.74. The molecule has 0 aliphatic rings. The summed E-state index contributed by atoms with van der Waals surface area (Å²) >= 11 is 0. The number of rotatable bonds is 6. The fourth-order valence-corrected chi connectivity index (χ4v) is 2.05. The molecule has 124 valence electrons. The van der Waals surface area contributed by atoms with Crippen LogP contribution in [0.3, 0.4) is 0 Å². The average molecular weight is 325 g/mol. The van der Waals surface area contributed by atoms with E-state index in [-0.39, 0.29) is 30.4 Å². The Morgan fingerprint density at radius 2 is 1.79 bits per heavy atom. The van der Waals surface area contributed by atoms with Crippen molar-refractivity contribution in [2.45, 2.75) is 6.92 Å². The molecule has 6 nitrogen and oxygen atoms in total. The van der Waals surface area contributed by atoms with Crippen molar-refractivity contribution in [3.05, 3.63) is 66.0 Å². The van der Waals surface area contributed by atoms with Crippen LogP contribution in [0, 0.1) is 0 Å². The van der Waals surface area contributed by atoms with Gasteiger partial charge in [-0.05, 0) is 30.2 Å². The molecule has 1 aromatic carbocycles. The van der Waals surface area contributed by atoms with Gasteiger partial charge in [-0.15, -0.1) is 0 Å². The third-order valence-electron chi connectivity index (χ3n) is 3.29. The number of carbonyl (C=O) groups is 2. The maximum absolute atomic E-state index is 11.8. The molecule has 0 unspecified atom stereocenters. The number of nitrogens with zero attached hydrogens (tertiary/aromatic N) is 1. The largest absolute Gasteiger partial charge is 0.505 e. The number of allylic oxidation sites excluding steroid dienone is 1. The Bertz CT molecular complexity index is 742. The predicted molar refractivity (Wildman–Crippen MR) is 91.3 cm³/mol. The molecule has 0 fully saturated rings. The molecule has 0 spiro atoms. The minimum atomic E-state index is -0.488. The van der Waals surface area contributed by atoms with E-state index < -0.39 is 5.91 Å². The minimum absolute atomic E-state index is 0.0383. The van der Waals surface area contributed by atoms with E-state index in [4.69, 9.17) is 0 Å². The Balaban J connectivity index is 1.77. The molecule has 0 bridgehead atoms. The third-order valence-corrected chi connectivity index (χ3v) is 3.29. The fourth-order valence-electron chi connectivity index (χ4n) is 2.05. The van der Waals surface area contributed by atoms with Gasteiger partial charge in [0, 0.05) is 25.4 Å². The molecule has 1 aromatic heterocycles. The van der Waals surface area contributed by atoms with Crippen molar-refractivity contribution in [1.82, 2.24) is 15.6 Å². The molecule has 24 heavy (non-hydrogen) atoms. The van der Waals surface area contributed by atoms with Gasteiger partial charge in [-0.2, -0.15) is 0 Å². The highest BCUT2D eigenvalue weighted by molar-refractivity contribution is 5.95. The van der Waals surface area contributed by atoms with Gasteiger partial charge in [0.15, 0.2) is 5.69 Å². The molecule has 0 aliphatic heterocycles. The van der Waals surface area contributed by atoms with E-state index in [0.29, 0.717) is 0 Å². The lowest BCUT2D eigenvalue weighted by Crippen LogP contribution is -2.34. The van der Waals surface area contributed by atoms with Crippen LogP contribution in [0.4, 0.5) is 0 Å². The summed E-state index contributed by atoms with van der Waals surface area (Å²) in [5.74, 6) is -0.898. The Morgan fingerprint density at radius 3 is 2.50 bits per heavy atom. The van der Waals surface area contributed by atoms with Crippen LogP contribution in [-0.4, -0.2) is 35.0 Å². The number of pyridine rings is 1. The molecule has 0 radical (unpaired) electrons. The second-order valence-electron chi connectivity index (χ2n) is 5.11. The third kappa shape index (κ3) is 4.95. The van der Waals surface area contributed by atoms with Crippen LogP contribution in [0.15, 0.2) is 54.7 Å². The van der Waals surface area contributed by atoms with Crippen LogP contribution in [0.25, 0.3) is 5.57 Å². The molecule has 0 saturated heterocycles. The van der Waals surface area contributed by atoms with E-state index >= 15 is 0 Å². The van der Waals surface area contributed by atoms with Gasteiger partial charge in [-0.25, -0.2) is 4.98 Å². The summed E-state index contributed by atoms with van der Waals surface area (Å²) in [6, 6.07) is 12.5. The number of carbonyl (C=O) groups excluding carboxylic acids is 2. The molecule has 1 heterocycles. The van der Waals surface area contributed by atoms with Crippen molar-refractivity contribution in [2.24, 2.45) is 0 Å². The zero-order valence-electron chi connectivity index (χ0n) is 13.3. The Hall–Kier alpha value is -3.15. The summed E-state index contributed by atoms with van der Waals surface area (Å²) in [6.45, 7) is 2.37.